The van der Waals surface area contributed by atoms with E-state index in [1.165, 1.54) is 0 Å². The van der Waals surface area contributed by atoms with Crippen molar-refractivity contribution in [2.45, 2.75) is 26.3 Å². The normalized spacial score (nSPS) is 13.3. The molecule has 0 bridgehead atoms. The fourth-order valence-electron chi connectivity index (χ4n) is 2.06. The van der Waals surface area contributed by atoms with Gasteiger partial charge in [-0.2, -0.15) is 0 Å². The van der Waals surface area contributed by atoms with E-state index in [0.29, 0.717) is 13.1 Å². The number of halogens is 1. The predicted molar refractivity (Wildman–Crippen MR) is 90.6 cm³/mol. The Bertz CT molecular complexity index is 491. The number of quaternary nitrogens is 1. The quantitative estimate of drug-likeness (QED) is 0.629. The van der Waals surface area contributed by atoms with E-state index in [2.05, 4.69) is 26.6 Å². The summed E-state index contributed by atoms with van der Waals surface area (Å²) in [6.45, 7) is 5.22. The summed E-state index contributed by atoms with van der Waals surface area (Å²) in [6.07, 6.45) is 0.913. The lowest BCUT2D eigenvalue weighted by atomic mass is 10.1. The van der Waals surface area contributed by atoms with Gasteiger partial charge in [0.05, 0.1) is 13.1 Å². The molecule has 1 rings (SSSR count). The van der Waals surface area contributed by atoms with Crippen LogP contribution < -0.4 is 15.5 Å². The monoisotopic (exact) mass is 370 g/mol. The molecule has 1 aromatic rings. The lowest BCUT2D eigenvalue weighted by molar-refractivity contribution is -0.862. The Morgan fingerprint density at radius 3 is 2.36 bits per heavy atom. The molecule has 0 aliphatic heterocycles. The van der Waals surface area contributed by atoms with Crippen LogP contribution in [0.4, 0.5) is 0 Å². The average molecular weight is 371 g/mol. The number of rotatable bonds is 8. The maximum Gasteiger partial charge on any atom is 0.275 e. The highest BCUT2D eigenvalue weighted by atomic mass is 79.9. The predicted octanol–water partition coefficient (Wildman–Crippen LogP) is 0.667. The lowest BCUT2D eigenvalue weighted by Crippen LogP contribution is -3.11. The summed E-state index contributed by atoms with van der Waals surface area (Å²) in [4.78, 5) is 24.5. The molecule has 0 saturated heterocycles. The first kappa shape index (κ1) is 18.6. The number of carbonyl (C=O) groups excluding carboxylic acids is 2. The molecule has 2 atom stereocenters. The molecule has 0 saturated carbocycles. The first-order valence-corrected chi connectivity index (χ1v) is 8.34. The second-order valence-electron chi connectivity index (χ2n) is 5.50. The maximum atomic E-state index is 12.0. The van der Waals surface area contributed by atoms with Crippen LogP contribution in [0.2, 0.25) is 0 Å². The van der Waals surface area contributed by atoms with Gasteiger partial charge in [0.1, 0.15) is 0 Å². The zero-order valence-electron chi connectivity index (χ0n) is 13.4. The molecule has 1 unspecified atom stereocenters. The van der Waals surface area contributed by atoms with Crippen molar-refractivity contribution in [2.75, 3.05) is 26.7 Å². The van der Waals surface area contributed by atoms with Gasteiger partial charge in [0, 0.05) is 11.0 Å². The molecule has 0 fully saturated rings. The Balaban J connectivity index is 2.38. The van der Waals surface area contributed by atoms with Gasteiger partial charge in [-0.3, -0.25) is 9.59 Å². The van der Waals surface area contributed by atoms with Gasteiger partial charge in [0.25, 0.3) is 11.8 Å². The number of benzene rings is 1. The molecule has 0 aliphatic rings. The Kier molecular flexibility index (Phi) is 8.12. The van der Waals surface area contributed by atoms with Crippen molar-refractivity contribution in [3.63, 3.8) is 0 Å². The van der Waals surface area contributed by atoms with Gasteiger partial charge < -0.3 is 15.5 Å². The number of carbonyl (C=O) groups is 2. The van der Waals surface area contributed by atoms with Crippen molar-refractivity contribution < 1.29 is 14.5 Å². The highest BCUT2D eigenvalue weighted by Crippen LogP contribution is 2.16. The maximum absolute atomic E-state index is 12.0. The van der Waals surface area contributed by atoms with E-state index in [-0.39, 0.29) is 24.4 Å². The van der Waals surface area contributed by atoms with Gasteiger partial charge >= 0.3 is 0 Å². The number of hydrogen-bond acceptors (Lipinski definition) is 2. The van der Waals surface area contributed by atoms with E-state index in [1.807, 2.05) is 45.2 Å². The van der Waals surface area contributed by atoms with E-state index in [1.54, 1.807) is 0 Å². The van der Waals surface area contributed by atoms with Gasteiger partial charge in [-0.15, -0.1) is 0 Å². The van der Waals surface area contributed by atoms with Crippen molar-refractivity contribution in [2.24, 2.45) is 0 Å². The average Bonchev–Trinajstić information content (AvgIpc) is 2.45. The minimum Gasteiger partial charge on any atom is -0.351 e. The van der Waals surface area contributed by atoms with E-state index >= 15 is 0 Å². The Hall–Kier alpha value is -1.40. The molecule has 0 aliphatic carbocycles. The van der Waals surface area contributed by atoms with Crippen molar-refractivity contribution in [1.29, 1.82) is 0 Å². The highest BCUT2D eigenvalue weighted by molar-refractivity contribution is 9.10. The third-order valence-electron chi connectivity index (χ3n) is 3.24. The topological polar surface area (TPSA) is 62.6 Å². The minimum absolute atomic E-state index is 0.0203. The first-order valence-electron chi connectivity index (χ1n) is 7.55. The van der Waals surface area contributed by atoms with Crippen LogP contribution in [-0.2, 0) is 9.59 Å². The number of hydrogen-bond donors (Lipinski definition) is 3. The summed E-state index contributed by atoms with van der Waals surface area (Å²) < 4.78 is 1.01. The van der Waals surface area contributed by atoms with E-state index in [4.69, 9.17) is 0 Å². The van der Waals surface area contributed by atoms with Crippen LogP contribution in [0.25, 0.3) is 0 Å². The van der Waals surface area contributed by atoms with E-state index < -0.39 is 0 Å². The lowest BCUT2D eigenvalue weighted by Gasteiger charge is -2.17. The summed E-state index contributed by atoms with van der Waals surface area (Å²) in [5.74, 6) is -0.0793. The van der Waals surface area contributed by atoms with Crippen LogP contribution in [0.3, 0.4) is 0 Å². The smallest absolute Gasteiger partial charge is 0.275 e. The number of amides is 2. The second-order valence-corrected chi connectivity index (χ2v) is 6.42. The molecule has 0 aromatic heterocycles. The number of nitrogens with one attached hydrogen (secondary N) is 3. The minimum atomic E-state index is -0.0591. The molecule has 6 heteroatoms. The summed E-state index contributed by atoms with van der Waals surface area (Å²) in [7, 11) is 1.84. The van der Waals surface area contributed by atoms with Crippen molar-refractivity contribution in [1.82, 2.24) is 10.6 Å². The van der Waals surface area contributed by atoms with Crippen LogP contribution >= 0.6 is 15.9 Å². The Morgan fingerprint density at radius 2 is 1.77 bits per heavy atom. The molecule has 5 nitrogen and oxygen atoms in total. The molecule has 1 aromatic carbocycles. The van der Waals surface area contributed by atoms with Crippen LogP contribution in [0.15, 0.2) is 28.7 Å². The zero-order valence-corrected chi connectivity index (χ0v) is 15.0. The van der Waals surface area contributed by atoms with E-state index in [9.17, 15) is 9.59 Å². The van der Waals surface area contributed by atoms with Gasteiger partial charge in [-0.1, -0.05) is 35.0 Å². The molecule has 0 heterocycles. The van der Waals surface area contributed by atoms with E-state index in [0.717, 1.165) is 21.4 Å². The fraction of sp³-hybridized carbons (Fsp3) is 0.500. The SMILES string of the molecule is CCCNC(=O)C[NH+](C)CC(=O)N[C@@H](C)c1ccc(Br)cc1. The van der Waals surface area contributed by atoms with Gasteiger partial charge in [0.15, 0.2) is 13.1 Å². The molecule has 0 radical (unpaired) electrons. The van der Waals surface area contributed by atoms with Crippen molar-refractivity contribution in [3.05, 3.63) is 34.3 Å². The fourth-order valence-corrected chi connectivity index (χ4v) is 2.33. The molecule has 0 spiro atoms. The highest BCUT2D eigenvalue weighted by Gasteiger charge is 2.16. The summed E-state index contributed by atoms with van der Waals surface area (Å²) >= 11 is 3.39. The zero-order chi connectivity index (χ0) is 16.5. The summed E-state index contributed by atoms with van der Waals surface area (Å²) in [6, 6.07) is 7.80. The van der Waals surface area contributed by atoms with Crippen LogP contribution in [0.5, 0.6) is 0 Å². The largest absolute Gasteiger partial charge is 0.351 e. The standard InChI is InChI=1S/C16H24BrN3O2/c1-4-9-18-15(21)10-20(3)11-16(22)19-12(2)13-5-7-14(17)8-6-13/h5-8,12H,4,9-11H2,1-3H3,(H,18,21)(H,19,22)/p+1/t12-/m0/s1. The van der Waals surface area contributed by atoms with Crippen molar-refractivity contribution >= 4 is 27.7 Å². The molecule has 122 valence electrons. The molecule has 2 amide bonds. The summed E-state index contributed by atoms with van der Waals surface area (Å²) in [5, 5.41) is 5.77. The first-order chi connectivity index (χ1) is 10.4. The Morgan fingerprint density at radius 1 is 1.18 bits per heavy atom. The van der Waals surface area contributed by atoms with Crippen molar-refractivity contribution in [3.8, 4) is 0 Å². The van der Waals surface area contributed by atoms with Gasteiger partial charge in [-0.05, 0) is 31.0 Å². The third kappa shape index (κ3) is 7.04. The van der Waals surface area contributed by atoms with Gasteiger partial charge in [-0.25, -0.2) is 0 Å². The van der Waals surface area contributed by atoms with Gasteiger partial charge in [0.2, 0.25) is 0 Å². The molecular formula is C16H25BrN3O2+. The summed E-state index contributed by atoms with van der Waals surface area (Å²) in [5.41, 5.74) is 1.05. The number of likely N-dealkylation sites (N-methyl/N-ethyl adjacent to an activating group) is 1. The molecule has 3 N–H and O–H groups in total. The van der Waals surface area contributed by atoms with Crippen LogP contribution in [0, 0.1) is 0 Å². The molecule has 22 heavy (non-hydrogen) atoms. The Labute approximate surface area is 140 Å². The van der Waals surface area contributed by atoms with Crippen LogP contribution in [0.1, 0.15) is 31.9 Å². The second kappa shape index (κ2) is 9.58. The third-order valence-corrected chi connectivity index (χ3v) is 3.77. The van der Waals surface area contributed by atoms with Crippen LogP contribution in [-0.4, -0.2) is 38.5 Å². The molecular weight excluding hydrogens is 346 g/mol.